The van der Waals surface area contributed by atoms with Crippen molar-refractivity contribution in [3.63, 3.8) is 0 Å². The van der Waals surface area contributed by atoms with Gasteiger partial charge in [0.1, 0.15) is 35.4 Å². The Morgan fingerprint density at radius 2 is 0.847 bits per heavy atom. The van der Waals surface area contributed by atoms with Gasteiger partial charge in [0.2, 0.25) is 5.88 Å². The van der Waals surface area contributed by atoms with Crippen molar-refractivity contribution in [1.29, 1.82) is 0 Å². The van der Waals surface area contributed by atoms with Gasteiger partial charge in [0.15, 0.2) is 5.78 Å². The molecule has 6 aliphatic carbocycles. The molecule has 0 saturated heterocycles. The largest absolute Gasteiger partial charge is 0.490 e. The zero-order valence-corrected chi connectivity index (χ0v) is 92.5. The smallest absolute Gasteiger partial charge is 0.285 e. The number of hydrogen-bond acceptors (Lipinski definition) is 24. The van der Waals surface area contributed by atoms with E-state index in [9.17, 15) is 41.4 Å². The van der Waals surface area contributed by atoms with E-state index in [1.54, 1.807) is 87.0 Å². The molecule has 0 N–H and O–H groups in total. The molecule has 3 aromatic heterocycles. The van der Waals surface area contributed by atoms with Gasteiger partial charge < -0.3 is 47.9 Å². The van der Waals surface area contributed by atoms with Gasteiger partial charge in [-0.1, -0.05) is 108 Å². The number of rotatable bonds is 18. The Bertz CT molecular complexity index is 6760. The van der Waals surface area contributed by atoms with Crippen LogP contribution in [0.1, 0.15) is 231 Å². The van der Waals surface area contributed by atoms with Gasteiger partial charge in [0.25, 0.3) is 17.7 Å². The second-order valence-electron chi connectivity index (χ2n) is 44.2. The van der Waals surface area contributed by atoms with E-state index in [-0.39, 0.29) is 106 Å². The molecule has 15 atom stereocenters. The van der Waals surface area contributed by atoms with Crippen LogP contribution in [0.5, 0.6) is 23.1 Å². The third-order valence-electron chi connectivity index (χ3n) is 33.7. The Morgan fingerprint density at radius 3 is 1.19 bits per heavy atom. The van der Waals surface area contributed by atoms with Gasteiger partial charge >= 0.3 is 0 Å². The van der Waals surface area contributed by atoms with Crippen molar-refractivity contribution < 1.29 is 74.6 Å². The first-order valence-electron chi connectivity index (χ1n) is 54.1. The number of anilines is 3. The number of methoxy groups -OCH3 is 3. The van der Waals surface area contributed by atoms with Crippen LogP contribution in [0, 0.1) is 70.1 Å². The number of carbonyl (C=O) groups excluding carboxylic acids is 6. The molecule has 3 saturated carbocycles. The zero-order valence-electron chi connectivity index (χ0n) is 88.4. The Balaban J connectivity index is 0.000000141. The quantitative estimate of drug-likeness (QED) is 0.0720. The molecule has 6 aromatic carbocycles. The van der Waals surface area contributed by atoms with Crippen LogP contribution in [0.2, 0.25) is 0 Å². The number of thiazole rings is 2. The van der Waals surface area contributed by atoms with E-state index in [0.717, 1.165) is 191 Å². The van der Waals surface area contributed by atoms with E-state index in [0.29, 0.717) is 129 Å². The maximum atomic E-state index is 14.4. The molecule has 21 rings (SSSR count). The topological polar surface area (TPSA) is 309 Å². The lowest BCUT2D eigenvalue weighted by atomic mass is 9.68. The lowest BCUT2D eigenvalue weighted by Gasteiger charge is -2.46. The Morgan fingerprint density at radius 1 is 0.460 bits per heavy atom. The van der Waals surface area contributed by atoms with E-state index in [2.05, 4.69) is 155 Å². The number of hydrogen-bond donors (Lipinski definition) is 0. The summed E-state index contributed by atoms with van der Waals surface area (Å²) >= 11 is 3.10. The van der Waals surface area contributed by atoms with Crippen LogP contribution < -0.4 is 33.6 Å². The summed E-state index contributed by atoms with van der Waals surface area (Å²) < 4.78 is 101. The van der Waals surface area contributed by atoms with Crippen molar-refractivity contribution in [3.05, 3.63) is 257 Å². The van der Waals surface area contributed by atoms with Gasteiger partial charge in [-0.25, -0.2) is 27.3 Å². The third-order valence-corrected chi connectivity index (χ3v) is 41.9. The molecule has 6 bridgehead atoms. The first-order valence-corrected chi connectivity index (χ1v) is 61.5. The molecule has 0 radical (unpaired) electrons. The molecule has 26 nitrogen and oxygen atoms in total. The number of nitrogens with zero attached hydrogens (tertiary/aromatic N) is 10. The maximum absolute atomic E-state index is 14.4. The Hall–Kier alpha value is -10.6. The van der Waals surface area contributed by atoms with Gasteiger partial charge in [-0.15, -0.1) is 22.7 Å². The third kappa shape index (κ3) is 24.7. The number of ketones is 3. The van der Waals surface area contributed by atoms with Crippen LogP contribution in [0.15, 0.2) is 182 Å². The fourth-order valence-electron chi connectivity index (χ4n) is 25.3. The molecule has 6 aliphatic heterocycles. The maximum Gasteiger partial charge on any atom is 0.285 e. The fourth-order valence-corrected chi connectivity index (χ4v) is 32.4. The minimum Gasteiger partial charge on any atom is -0.490 e. The Kier molecular flexibility index (Phi) is 33.8. The number of fused-ring (bicyclic) bond motifs is 12. The summed E-state index contributed by atoms with van der Waals surface area (Å²) in [5, 5.41) is 6.96. The summed E-state index contributed by atoms with van der Waals surface area (Å²) in [6, 6.07) is 38.7. The summed E-state index contributed by atoms with van der Waals surface area (Å²) in [6.45, 7) is 16.6. The van der Waals surface area contributed by atoms with Crippen LogP contribution in [-0.4, -0.2) is 207 Å². The average molecular weight is 2130 g/mol. The van der Waals surface area contributed by atoms with E-state index in [1.807, 2.05) is 55.6 Å². The molecule has 9 heterocycles. The van der Waals surface area contributed by atoms with Crippen LogP contribution in [-0.2, 0) is 113 Å². The SMILES string of the molecule is CO[C@H]1/C=C/CCC[S@@](=O)(CC(=O)CCc2csc(C)n2)=NC(=O)c2ccc3c(c2)N(C[C@@H]2CC[C@H]21)C[C@@]1(CCCc2cc(C)ccc21)CO3.CO[C@H]1/C=C/CCC[S@@](=O)(CC(=O)CCc2ncsc2C)=NC(=O)c2ccc3c(c2)N(C[C@@H]2CC[C@H]21)C[C@@]1(CCCc2cc(C)ccc21)CO3.CO[C@H]1/C=C/CCC[S@@](=O)(CC(=O)COc2ccnn2C)=NC(=O)c2ccc3c(c2)N(C[C@@H]2CC[C@H]21)C[C@@]1(CCCc2cc(C)ccc21)CO3. The lowest BCUT2D eigenvalue weighted by Crippen LogP contribution is -2.49. The minimum atomic E-state index is -3.23. The highest BCUT2D eigenvalue weighted by Gasteiger charge is 2.50. The zero-order chi connectivity index (χ0) is 105. The molecule has 0 unspecified atom stereocenters. The molecular formula is C119H146N10O16S5. The predicted molar refractivity (Wildman–Crippen MR) is 594 cm³/mol. The van der Waals surface area contributed by atoms with Crippen LogP contribution in [0.4, 0.5) is 17.1 Å². The minimum absolute atomic E-state index is 0.00502. The van der Waals surface area contributed by atoms with E-state index >= 15 is 0 Å². The monoisotopic (exact) mass is 2130 g/mol. The van der Waals surface area contributed by atoms with Crippen molar-refractivity contribution in [1.82, 2.24) is 19.7 Å². The number of aromatic nitrogens is 4. The highest BCUT2D eigenvalue weighted by molar-refractivity contribution is 7.95. The van der Waals surface area contributed by atoms with Crippen molar-refractivity contribution in [3.8, 4) is 23.1 Å². The first-order chi connectivity index (χ1) is 72.4. The molecule has 3 spiro atoms. The summed E-state index contributed by atoms with van der Waals surface area (Å²) in [4.78, 5) is 98.4. The molecule has 9 aromatic rings. The summed E-state index contributed by atoms with van der Waals surface area (Å²) in [7, 11) is -2.46. The summed E-state index contributed by atoms with van der Waals surface area (Å²) in [6.07, 6.45) is 35.6. The molecule has 31 heteroatoms. The number of Topliss-reactive ketones (excluding diaryl/α,β-unsaturated/α-hetero) is 3. The van der Waals surface area contributed by atoms with Gasteiger partial charge in [-0.05, 0) is 306 Å². The Labute approximate surface area is 893 Å². The molecule has 12 aliphatic rings. The number of aryl methyl sites for hydroxylation is 11. The van der Waals surface area contributed by atoms with E-state index in [1.165, 1.54) is 54.8 Å². The van der Waals surface area contributed by atoms with Gasteiger partial charge in [0, 0.05) is 147 Å². The molecule has 3 amide bonds. The second kappa shape index (κ2) is 47.1. The number of amides is 3. The lowest BCUT2D eigenvalue weighted by molar-refractivity contribution is -0.119. The van der Waals surface area contributed by atoms with Gasteiger partial charge in [0.05, 0.1) is 130 Å². The molecule has 798 valence electrons. The molecule has 3 fully saturated rings. The highest BCUT2D eigenvalue weighted by atomic mass is 32.2. The summed E-state index contributed by atoms with van der Waals surface area (Å²) in [5.74, 6) is 2.36. The van der Waals surface area contributed by atoms with Crippen LogP contribution in [0.25, 0.3) is 0 Å². The van der Waals surface area contributed by atoms with Gasteiger partial charge in [-0.3, -0.25) is 28.8 Å². The first kappa shape index (κ1) is 108. The van der Waals surface area contributed by atoms with Crippen molar-refractivity contribution in [2.24, 2.45) is 55.6 Å². The number of carbonyl (C=O) groups is 6. The standard InChI is InChI=1S/2C40H49N3O5S2.C39H48N4O6S/c1-27-10-16-35-29(20-27)8-7-18-40(35)25-43-22-31-11-15-34(31)37(47-3)9-5-4-6-19-50(46,24-33(44)14-13-32-23-49-28(2)41-32)42-39(45)30-12-17-38(48-26-40)36(43)21-30;1-27-10-15-34-29(20-27)8-7-18-40(34)24-43-22-31-11-14-33(31)37(47-3)9-5-4-6-19-50(46,23-32(44)13-16-35-28(2)49-26-41-35)42-39(45)30-12-17-38(48-25-40)36(43)21-30;1-27-10-14-33-28(20-27)8-7-17-39(33)25-43-22-30-11-13-32(30)35(47-3)9-5-4-6-19-50(46,24-31(44)23-48-37-16-18-40-42(37)2)41-38(45)29-12-15-36(49-26-39)34(43)21-29/h5,9-10,12,16-17,20-21,23,31,34,37H,4,6-8,11,13-15,18-19,22,24-26H2,1-3H3;5,9-10,12,15,17,20-21,26,31,33,37H,4,6-8,11,13-14,16,18-19,22-25H2,1-3H3;5,9-10,12,14-16,18,20-21,30,32,35H,4,6-8,11,13,17,19,22-26H2,1-3H3/b3*9-5+/t31-,34+,37-,40-,50+;31-,33+,37-,40-,50+;30-,32+,35-,39-,50+/m000/s1. The van der Waals surface area contributed by atoms with Crippen molar-refractivity contribution in [2.75, 3.05) is 136 Å². The number of ether oxygens (including phenoxy) is 7. The average Bonchev–Trinajstić information content (AvgIpc) is 1.54. The molecule has 150 heavy (non-hydrogen) atoms. The molecular weight excluding hydrogens is 1990 g/mol. The second-order valence-corrected chi connectivity index (χ2v) is 53.6. The normalized spacial score (nSPS) is 28.7. The van der Waals surface area contributed by atoms with Gasteiger partial charge in [-0.2, -0.15) is 18.2 Å². The summed E-state index contributed by atoms with van der Waals surface area (Å²) in [5.41, 5.74) is 18.8. The van der Waals surface area contributed by atoms with E-state index < -0.39 is 46.9 Å². The van der Waals surface area contributed by atoms with E-state index in [4.69, 9.17) is 33.2 Å². The fraction of sp³-hybridized carbons (Fsp3) is 0.521. The van der Waals surface area contributed by atoms with Crippen molar-refractivity contribution in [2.45, 2.75) is 230 Å². The number of benzene rings is 6. The van der Waals surface area contributed by atoms with Crippen LogP contribution >= 0.6 is 22.7 Å². The predicted octanol–water partition coefficient (Wildman–Crippen LogP) is 20.7. The van der Waals surface area contributed by atoms with Crippen LogP contribution in [0.3, 0.4) is 0 Å². The van der Waals surface area contributed by atoms with Crippen molar-refractivity contribution >= 4 is 104 Å². The highest BCUT2D eigenvalue weighted by Crippen LogP contribution is 2.53. The number of allylic oxidation sites excluding steroid dienone is 3.